The van der Waals surface area contributed by atoms with Crippen molar-refractivity contribution in [3.05, 3.63) is 129 Å². The van der Waals surface area contributed by atoms with Crippen LogP contribution in [0, 0.1) is 28.7 Å². The smallest absolute Gasteiger partial charge is 0.262 e. The van der Waals surface area contributed by atoms with Gasteiger partial charge in [-0.15, -0.1) is 0 Å². The van der Waals surface area contributed by atoms with Crippen molar-refractivity contribution in [3.8, 4) is 11.5 Å². The van der Waals surface area contributed by atoms with Crippen molar-refractivity contribution < 1.29 is 40.6 Å². The molecule has 0 aromatic heterocycles. The zero-order valence-electron chi connectivity index (χ0n) is 24.7. The second-order valence-electron chi connectivity index (χ2n) is 12.0. The second-order valence-corrected chi connectivity index (χ2v) is 14.0. The molecule has 1 unspecified atom stereocenters. The first kappa shape index (κ1) is 31.2. The number of nitrogens with zero attached hydrogens (tertiary/aromatic N) is 1. The highest BCUT2D eigenvalue weighted by molar-refractivity contribution is 7.95. The molecule has 12 heteroatoms. The van der Waals surface area contributed by atoms with E-state index in [1.54, 1.807) is 13.8 Å². The van der Waals surface area contributed by atoms with Gasteiger partial charge in [0.2, 0.25) is 0 Å². The highest BCUT2D eigenvalue weighted by Crippen LogP contribution is 2.52. The van der Waals surface area contributed by atoms with E-state index in [0.717, 1.165) is 22.6 Å². The molecule has 0 fully saturated rings. The minimum absolute atomic E-state index is 0.0915. The monoisotopic (exact) mass is 652 g/mol. The van der Waals surface area contributed by atoms with Gasteiger partial charge in [-0.1, -0.05) is 50.2 Å². The van der Waals surface area contributed by atoms with Gasteiger partial charge in [0, 0.05) is 17.3 Å². The molecule has 0 radical (unpaired) electrons. The number of phenols is 1. The number of fused-ring (bicyclic) bond motifs is 1. The number of rotatable bonds is 5. The predicted octanol–water partition coefficient (Wildman–Crippen LogP) is 7.40. The first-order valence-electron chi connectivity index (χ1n) is 14.3. The van der Waals surface area contributed by atoms with Crippen LogP contribution in [0.4, 0.5) is 28.9 Å². The normalized spacial score (nSPS) is 18.2. The minimum atomic E-state index is -4.27. The van der Waals surface area contributed by atoms with Gasteiger partial charge in [-0.2, -0.15) is 0 Å². The zero-order chi connectivity index (χ0) is 33.0. The molecule has 4 aromatic rings. The third-order valence-electron chi connectivity index (χ3n) is 7.93. The predicted molar refractivity (Wildman–Crippen MR) is 164 cm³/mol. The lowest BCUT2D eigenvalue weighted by atomic mass is 9.88. The molecule has 2 aliphatic rings. The Labute approximate surface area is 262 Å². The van der Waals surface area contributed by atoms with Gasteiger partial charge in [0.25, 0.3) is 5.91 Å². The van der Waals surface area contributed by atoms with Crippen LogP contribution < -0.4 is 15.0 Å². The number of sulfone groups is 1. The van der Waals surface area contributed by atoms with Gasteiger partial charge in [0.15, 0.2) is 27.3 Å². The van der Waals surface area contributed by atoms with Crippen LogP contribution >= 0.6 is 0 Å². The molecule has 1 atom stereocenters. The van der Waals surface area contributed by atoms with E-state index in [-0.39, 0.29) is 57.8 Å². The number of aromatic hydroxyl groups is 1. The molecule has 1 amide bonds. The fourth-order valence-electron chi connectivity index (χ4n) is 5.99. The average Bonchev–Trinajstić information content (AvgIpc) is 3.14. The molecule has 0 saturated carbocycles. The number of hydrogen-bond acceptors (Lipinski definition) is 6. The van der Waals surface area contributed by atoms with Crippen molar-refractivity contribution in [2.75, 3.05) is 16.0 Å². The number of phenolic OH excluding ortho intramolecular Hbond substituents is 1. The van der Waals surface area contributed by atoms with Crippen LogP contribution in [0.2, 0.25) is 0 Å². The Morgan fingerprint density at radius 3 is 2.41 bits per heavy atom. The van der Waals surface area contributed by atoms with Crippen molar-refractivity contribution >= 4 is 27.1 Å². The summed E-state index contributed by atoms with van der Waals surface area (Å²) in [5.41, 5.74) is -1.38. The lowest BCUT2D eigenvalue weighted by Crippen LogP contribution is -2.41. The summed E-state index contributed by atoms with van der Waals surface area (Å²) in [6, 6.07) is 16.3. The SMILES string of the molecule is CC1(C)CC2=C(C(c3ccc(OCc4ccccc4)cc3F)N(C(=O)c3ccc(F)c(F)c3F)c3cccc(O)c3N2)S(=O)(=O)C1. The molecule has 2 heterocycles. The number of anilines is 2. The summed E-state index contributed by atoms with van der Waals surface area (Å²) in [6.07, 6.45) is 0.118. The molecule has 0 spiro atoms. The summed E-state index contributed by atoms with van der Waals surface area (Å²) >= 11 is 0. The Hall–Kier alpha value is -4.84. The van der Waals surface area contributed by atoms with E-state index in [1.807, 2.05) is 30.3 Å². The highest BCUT2D eigenvalue weighted by atomic mass is 32.2. The Balaban J connectivity index is 1.58. The van der Waals surface area contributed by atoms with Crippen LogP contribution in [0.3, 0.4) is 0 Å². The Morgan fingerprint density at radius 1 is 0.957 bits per heavy atom. The van der Waals surface area contributed by atoms with Crippen molar-refractivity contribution in [1.82, 2.24) is 0 Å². The van der Waals surface area contributed by atoms with Crippen molar-refractivity contribution in [2.45, 2.75) is 32.9 Å². The summed E-state index contributed by atoms with van der Waals surface area (Å²) in [5.74, 6) is -8.16. The van der Waals surface area contributed by atoms with Crippen LogP contribution in [0.15, 0.2) is 89.5 Å². The zero-order valence-corrected chi connectivity index (χ0v) is 25.5. The highest BCUT2D eigenvalue weighted by Gasteiger charge is 2.48. The number of amides is 1. The summed E-state index contributed by atoms with van der Waals surface area (Å²) in [4.78, 5) is 14.7. The third kappa shape index (κ3) is 5.57. The summed E-state index contributed by atoms with van der Waals surface area (Å²) in [5, 5.41) is 13.9. The van der Waals surface area contributed by atoms with Gasteiger partial charge in [-0.25, -0.2) is 26.0 Å². The maximum atomic E-state index is 16.3. The van der Waals surface area contributed by atoms with E-state index in [1.165, 1.54) is 30.3 Å². The molecule has 6 rings (SSSR count). The van der Waals surface area contributed by atoms with Gasteiger partial charge in [-0.05, 0) is 53.8 Å². The molecule has 0 aliphatic carbocycles. The Morgan fingerprint density at radius 2 is 1.70 bits per heavy atom. The van der Waals surface area contributed by atoms with Crippen LogP contribution in [-0.2, 0) is 16.4 Å². The molecule has 238 valence electrons. The number of para-hydroxylation sites is 1. The number of benzene rings is 4. The largest absolute Gasteiger partial charge is 0.506 e. The second kappa shape index (κ2) is 11.5. The van der Waals surface area contributed by atoms with Crippen molar-refractivity contribution in [2.24, 2.45) is 5.41 Å². The number of ether oxygens (including phenoxy) is 1. The van der Waals surface area contributed by atoms with Crippen LogP contribution in [0.25, 0.3) is 0 Å². The molecule has 4 aromatic carbocycles. The van der Waals surface area contributed by atoms with Crippen LogP contribution in [-0.4, -0.2) is 25.2 Å². The lowest BCUT2D eigenvalue weighted by molar-refractivity contribution is 0.0975. The topological polar surface area (TPSA) is 95.9 Å². The standard InChI is InChI=1S/C34H28F4N2O5S/c1-34(2)16-25-32(46(43,44)18-34)31(21-12-11-20(15-24(21)36)45-17-19-7-4-3-5-8-19)40(26-9-6-10-27(41)30(26)39-25)33(42)22-13-14-23(35)29(38)28(22)37/h3-15,31,39,41H,16-18H2,1-2H3. The number of carbonyl (C=O) groups excluding carboxylic acids is 1. The molecule has 2 aliphatic heterocycles. The average molecular weight is 653 g/mol. The molecule has 2 N–H and O–H groups in total. The maximum Gasteiger partial charge on any atom is 0.262 e. The maximum absolute atomic E-state index is 16.3. The number of nitrogens with one attached hydrogen (secondary N) is 1. The summed E-state index contributed by atoms with van der Waals surface area (Å²) < 4.78 is 93.6. The van der Waals surface area contributed by atoms with Crippen LogP contribution in [0.5, 0.6) is 11.5 Å². The molecule has 7 nitrogen and oxygen atoms in total. The van der Waals surface area contributed by atoms with E-state index in [9.17, 15) is 27.1 Å². The van der Waals surface area contributed by atoms with Gasteiger partial charge < -0.3 is 15.2 Å². The fraction of sp³-hybridized carbons (Fsp3) is 0.206. The first-order valence-corrected chi connectivity index (χ1v) is 15.9. The van der Waals surface area contributed by atoms with E-state index >= 15 is 8.78 Å². The quantitative estimate of drug-likeness (QED) is 0.133. The van der Waals surface area contributed by atoms with E-state index < -0.39 is 56.0 Å². The fourth-order valence-corrected chi connectivity index (χ4v) is 8.35. The molecular weight excluding hydrogens is 624 g/mol. The van der Waals surface area contributed by atoms with E-state index in [0.29, 0.717) is 6.07 Å². The van der Waals surface area contributed by atoms with Crippen LogP contribution in [0.1, 0.15) is 47.8 Å². The molecule has 0 saturated heterocycles. The molecule has 0 bridgehead atoms. The number of carbonyl (C=O) groups is 1. The van der Waals surface area contributed by atoms with Gasteiger partial charge >= 0.3 is 0 Å². The van der Waals surface area contributed by atoms with E-state index in [4.69, 9.17) is 4.74 Å². The molecule has 46 heavy (non-hydrogen) atoms. The Kier molecular flexibility index (Phi) is 7.79. The van der Waals surface area contributed by atoms with Crippen molar-refractivity contribution in [1.29, 1.82) is 0 Å². The lowest BCUT2D eigenvalue weighted by Gasteiger charge is -2.37. The number of hydrogen-bond donors (Lipinski definition) is 2. The third-order valence-corrected chi connectivity index (χ3v) is 10.2. The molecular formula is C34H28F4N2O5S. The van der Waals surface area contributed by atoms with Gasteiger partial charge in [-0.3, -0.25) is 9.69 Å². The Bertz CT molecular complexity index is 2020. The first-order chi connectivity index (χ1) is 21.8. The number of allylic oxidation sites excluding steroid dienone is 1. The summed E-state index contributed by atoms with van der Waals surface area (Å²) in [6.45, 7) is 3.56. The number of halogens is 4. The summed E-state index contributed by atoms with van der Waals surface area (Å²) in [7, 11) is -4.27. The van der Waals surface area contributed by atoms with E-state index in [2.05, 4.69) is 5.32 Å². The minimum Gasteiger partial charge on any atom is -0.506 e. The van der Waals surface area contributed by atoms with Gasteiger partial charge in [0.1, 0.15) is 35.7 Å². The van der Waals surface area contributed by atoms with Gasteiger partial charge in [0.05, 0.1) is 21.9 Å². The van der Waals surface area contributed by atoms with Crippen molar-refractivity contribution in [3.63, 3.8) is 0 Å².